The van der Waals surface area contributed by atoms with E-state index >= 15 is 0 Å². The van der Waals surface area contributed by atoms with Crippen LogP contribution in [0.15, 0.2) is 6.33 Å². The van der Waals surface area contributed by atoms with Gasteiger partial charge in [-0.2, -0.15) is 5.10 Å². The molecule has 0 unspecified atom stereocenters. The van der Waals surface area contributed by atoms with Crippen molar-refractivity contribution in [3.63, 3.8) is 0 Å². The lowest BCUT2D eigenvalue weighted by Gasteiger charge is -1.96. The lowest BCUT2D eigenvalue weighted by molar-refractivity contribution is 0.674. The van der Waals surface area contributed by atoms with Crippen molar-refractivity contribution in [1.82, 2.24) is 14.8 Å². The number of hydrogen-bond donors (Lipinski definition) is 1. The molecule has 0 saturated carbocycles. The second-order valence-electron chi connectivity index (χ2n) is 2.19. The van der Waals surface area contributed by atoms with Gasteiger partial charge in [-0.3, -0.25) is 4.68 Å². The summed E-state index contributed by atoms with van der Waals surface area (Å²) in [5.41, 5.74) is 5.34. The average Bonchev–Trinajstić information content (AvgIpc) is 2.31. The van der Waals surface area contributed by atoms with E-state index in [0.29, 0.717) is 6.54 Å². The first-order chi connectivity index (χ1) is 4.84. The van der Waals surface area contributed by atoms with Crippen LogP contribution in [0.4, 0.5) is 0 Å². The predicted octanol–water partition coefficient (Wildman–Crippen LogP) is -0.294. The molecule has 0 radical (unpaired) electrons. The van der Waals surface area contributed by atoms with Crippen molar-refractivity contribution in [3.8, 4) is 0 Å². The van der Waals surface area contributed by atoms with E-state index in [4.69, 9.17) is 5.73 Å². The summed E-state index contributed by atoms with van der Waals surface area (Å²) in [6, 6.07) is 0. The van der Waals surface area contributed by atoms with Crippen molar-refractivity contribution in [2.75, 3.05) is 6.54 Å². The van der Waals surface area contributed by atoms with Crippen LogP contribution in [-0.4, -0.2) is 21.3 Å². The lowest BCUT2D eigenvalue weighted by atomic mass is 10.3. The molecule has 1 aromatic rings. The molecule has 0 aliphatic carbocycles. The summed E-state index contributed by atoms with van der Waals surface area (Å²) >= 11 is 0. The third-order valence-electron chi connectivity index (χ3n) is 1.41. The summed E-state index contributed by atoms with van der Waals surface area (Å²) in [6.45, 7) is 0.715. The zero-order valence-corrected chi connectivity index (χ0v) is 6.12. The van der Waals surface area contributed by atoms with E-state index in [1.54, 1.807) is 11.0 Å². The maximum atomic E-state index is 5.34. The van der Waals surface area contributed by atoms with Gasteiger partial charge in [-0.15, -0.1) is 0 Å². The fourth-order valence-electron chi connectivity index (χ4n) is 0.807. The Kier molecular flexibility index (Phi) is 2.39. The Bertz CT molecular complexity index is 193. The van der Waals surface area contributed by atoms with Crippen LogP contribution in [0.5, 0.6) is 0 Å². The highest BCUT2D eigenvalue weighted by Crippen LogP contribution is 1.93. The van der Waals surface area contributed by atoms with Crippen LogP contribution >= 0.6 is 0 Å². The van der Waals surface area contributed by atoms with Gasteiger partial charge in [0.05, 0.1) is 0 Å². The van der Waals surface area contributed by atoms with Crippen molar-refractivity contribution >= 4 is 0 Å². The summed E-state index contributed by atoms with van der Waals surface area (Å²) in [4.78, 5) is 4.05. The number of aryl methyl sites for hydroxylation is 2. The average molecular weight is 140 g/mol. The maximum Gasteiger partial charge on any atom is 0.138 e. The Labute approximate surface area is 60.1 Å². The monoisotopic (exact) mass is 140 g/mol. The summed E-state index contributed by atoms with van der Waals surface area (Å²) in [5, 5.41) is 3.93. The van der Waals surface area contributed by atoms with Crippen LogP contribution in [-0.2, 0) is 13.5 Å². The van der Waals surface area contributed by atoms with Crippen LogP contribution in [0.1, 0.15) is 12.2 Å². The summed E-state index contributed by atoms with van der Waals surface area (Å²) in [6.07, 6.45) is 3.46. The van der Waals surface area contributed by atoms with E-state index in [2.05, 4.69) is 10.1 Å². The number of nitrogens with two attached hydrogens (primary N) is 1. The van der Waals surface area contributed by atoms with Gasteiger partial charge in [0.1, 0.15) is 12.2 Å². The van der Waals surface area contributed by atoms with Crippen LogP contribution in [0, 0.1) is 0 Å². The van der Waals surface area contributed by atoms with Gasteiger partial charge in [-0.1, -0.05) is 0 Å². The Morgan fingerprint density at radius 2 is 2.50 bits per heavy atom. The molecule has 1 heterocycles. The van der Waals surface area contributed by atoms with Crippen molar-refractivity contribution in [2.45, 2.75) is 12.8 Å². The molecule has 0 spiro atoms. The van der Waals surface area contributed by atoms with E-state index < -0.39 is 0 Å². The molecule has 0 bridgehead atoms. The van der Waals surface area contributed by atoms with Gasteiger partial charge in [0.25, 0.3) is 0 Å². The molecule has 2 N–H and O–H groups in total. The van der Waals surface area contributed by atoms with Crippen LogP contribution < -0.4 is 5.73 Å². The number of aromatic nitrogens is 3. The van der Waals surface area contributed by atoms with Gasteiger partial charge in [-0.25, -0.2) is 4.98 Å². The summed E-state index contributed by atoms with van der Waals surface area (Å²) in [5.74, 6) is 1.01. The minimum Gasteiger partial charge on any atom is -0.330 e. The minimum absolute atomic E-state index is 0.715. The molecule has 0 aliphatic heterocycles. The molecule has 10 heavy (non-hydrogen) atoms. The van der Waals surface area contributed by atoms with Crippen LogP contribution in [0.2, 0.25) is 0 Å². The highest BCUT2D eigenvalue weighted by Gasteiger charge is 1.96. The molecule has 4 nitrogen and oxygen atoms in total. The number of rotatable bonds is 3. The molecule has 0 amide bonds. The van der Waals surface area contributed by atoms with Gasteiger partial charge in [0.15, 0.2) is 0 Å². The first kappa shape index (κ1) is 7.21. The molecule has 0 saturated heterocycles. The second kappa shape index (κ2) is 3.31. The Morgan fingerprint density at radius 3 is 3.00 bits per heavy atom. The Morgan fingerprint density at radius 1 is 1.70 bits per heavy atom. The highest BCUT2D eigenvalue weighted by atomic mass is 15.3. The first-order valence-corrected chi connectivity index (χ1v) is 3.37. The van der Waals surface area contributed by atoms with Gasteiger partial charge in [0.2, 0.25) is 0 Å². The SMILES string of the molecule is Cn1ncnc1CCCN. The van der Waals surface area contributed by atoms with E-state index in [1.807, 2.05) is 7.05 Å². The third-order valence-corrected chi connectivity index (χ3v) is 1.41. The smallest absolute Gasteiger partial charge is 0.138 e. The fourth-order valence-corrected chi connectivity index (χ4v) is 0.807. The van der Waals surface area contributed by atoms with Crippen molar-refractivity contribution in [3.05, 3.63) is 12.2 Å². The number of hydrogen-bond acceptors (Lipinski definition) is 3. The van der Waals surface area contributed by atoms with E-state index in [-0.39, 0.29) is 0 Å². The maximum absolute atomic E-state index is 5.34. The molecule has 0 aliphatic rings. The fraction of sp³-hybridized carbons (Fsp3) is 0.667. The van der Waals surface area contributed by atoms with Crippen molar-refractivity contribution in [2.24, 2.45) is 12.8 Å². The molecular formula is C6H12N4. The van der Waals surface area contributed by atoms with Gasteiger partial charge in [0, 0.05) is 13.5 Å². The Hall–Kier alpha value is -0.900. The normalized spacial score (nSPS) is 10.2. The van der Waals surface area contributed by atoms with Crippen molar-refractivity contribution < 1.29 is 0 Å². The van der Waals surface area contributed by atoms with Crippen LogP contribution in [0.25, 0.3) is 0 Å². The van der Waals surface area contributed by atoms with E-state index in [9.17, 15) is 0 Å². The van der Waals surface area contributed by atoms with Gasteiger partial charge in [-0.05, 0) is 13.0 Å². The van der Waals surface area contributed by atoms with E-state index in [0.717, 1.165) is 18.7 Å². The summed E-state index contributed by atoms with van der Waals surface area (Å²) < 4.78 is 1.77. The van der Waals surface area contributed by atoms with Crippen LogP contribution in [0.3, 0.4) is 0 Å². The topological polar surface area (TPSA) is 56.7 Å². The van der Waals surface area contributed by atoms with Gasteiger partial charge < -0.3 is 5.73 Å². The molecule has 4 heteroatoms. The predicted molar refractivity (Wildman–Crippen MR) is 38.4 cm³/mol. The summed E-state index contributed by atoms with van der Waals surface area (Å²) in [7, 11) is 1.89. The lowest BCUT2D eigenvalue weighted by Crippen LogP contribution is -2.04. The zero-order chi connectivity index (χ0) is 7.40. The third kappa shape index (κ3) is 1.54. The highest BCUT2D eigenvalue weighted by molar-refractivity contribution is 4.82. The van der Waals surface area contributed by atoms with Gasteiger partial charge >= 0.3 is 0 Å². The molecule has 0 fully saturated rings. The standard InChI is InChI=1S/C6H12N4/c1-10-6(3-2-4-7)8-5-9-10/h5H,2-4,7H2,1H3. The molecule has 1 rings (SSSR count). The second-order valence-corrected chi connectivity index (χ2v) is 2.19. The first-order valence-electron chi connectivity index (χ1n) is 3.37. The molecule has 0 atom stereocenters. The minimum atomic E-state index is 0.715. The largest absolute Gasteiger partial charge is 0.330 e. The Balaban J connectivity index is 2.49. The number of nitrogens with zero attached hydrogens (tertiary/aromatic N) is 3. The molecule has 0 aromatic carbocycles. The zero-order valence-electron chi connectivity index (χ0n) is 6.12. The molecular weight excluding hydrogens is 128 g/mol. The molecule has 1 aromatic heterocycles. The van der Waals surface area contributed by atoms with Crippen molar-refractivity contribution in [1.29, 1.82) is 0 Å². The van der Waals surface area contributed by atoms with E-state index in [1.165, 1.54) is 0 Å². The molecule has 56 valence electrons. The quantitative estimate of drug-likeness (QED) is 0.627.